The number of piperidine rings is 1. The van der Waals surface area contributed by atoms with Crippen LogP contribution in [0.1, 0.15) is 32.6 Å². The van der Waals surface area contributed by atoms with Gasteiger partial charge >= 0.3 is 0 Å². The molecular weight excluding hydrogens is 308 g/mol. The minimum atomic E-state index is -3.14. The van der Waals surface area contributed by atoms with E-state index in [-0.39, 0.29) is 24.3 Å². The molecule has 22 heavy (non-hydrogen) atoms. The van der Waals surface area contributed by atoms with Gasteiger partial charge in [-0.3, -0.25) is 4.79 Å². The molecule has 0 bridgehead atoms. The van der Waals surface area contributed by atoms with Crippen molar-refractivity contribution < 1.29 is 22.7 Å². The molecule has 0 atom stereocenters. The van der Waals surface area contributed by atoms with Crippen LogP contribution < -0.4 is 5.32 Å². The molecule has 1 amide bonds. The van der Waals surface area contributed by atoms with Crippen molar-refractivity contribution in [2.75, 3.05) is 45.8 Å². The number of carbonyl (C=O) groups excluding carboxylic acids is 1. The van der Waals surface area contributed by atoms with Gasteiger partial charge in [0, 0.05) is 26.2 Å². The quantitative estimate of drug-likeness (QED) is 0.582. The lowest BCUT2D eigenvalue weighted by Gasteiger charge is -2.31. The van der Waals surface area contributed by atoms with Crippen molar-refractivity contribution in [2.45, 2.75) is 38.6 Å². The lowest BCUT2D eigenvalue weighted by molar-refractivity contribution is -0.127. The normalized spacial score (nSPS) is 17.5. The second kappa shape index (κ2) is 10.1. The summed E-state index contributed by atoms with van der Waals surface area (Å²) < 4.78 is 35.7. The lowest BCUT2D eigenvalue weighted by Crippen LogP contribution is -2.47. The predicted octanol–water partition coefficient (Wildman–Crippen LogP) is 0.360. The Bertz CT molecular complexity index is 419. The van der Waals surface area contributed by atoms with E-state index in [0.717, 1.165) is 6.42 Å². The molecule has 1 heterocycles. The first-order valence-electron chi connectivity index (χ1n) is 7.83. The van der Waals surface area contributed by atoms with Gasteiger partial charge in [-0.2, -0.15) is 0 Å². The average molecular weight is 336 g/mol. The molecule has 0 unspecified atom stereocenters. The Morgan fingerprint density at radius 3 is 2.55 bits per heavy atom. The van der Waals surface area contributed by atoms with Crippen molar-refractivity contribution in [3.05, 3.63) is 0 Å². The zero-order chi connectivity index (χ0) is 16.4. The Hall–Kier alpha value is -0.700. The zero-order valence-corrected chi connectivity index (χ0v) is 14.4. The monoisotopic (exact) mass is 336 g/mol. The molecule has 130 valence electrons. The number of ether oxygens (including phenoxy) is 2. The van der Waals surface area contributed by atoms with Crippen LogP contribution in [0.15, 0.2) is 0 Å². The number of nitrogens with one attached hydrogen (secondary N) is 1. The van der Waals surface area contributed by atoms with Gasteiger partial charge in [-0.15, -0.1) is 0 Å². The maximum Gasteiger partial charge on any atom is 0.246 e. The van der Waals surface area contributed by atoms with Crippen molar-refractivity contribution in [3.63, 3.8) is 0 Å². The van der Waals surface area contributed by atoms with Gasteiger partial charge in [0.15, 0.2) is 0 Å². The van der Waals surface area contributed by atoms with E-state index >= 15 is 0 Å². The highest BCUT2D eigenvalue weighted by atomic mass is 32.2. The molecule has 1 fully saturated rings. The van der Waals surface area contributed by atoms with Crippen molar-refractivity contribution in [3.8, 4) is 0 Å². The van der Waals surface area contributed by atoms with Crippen molar-refractivity contribution in [2.24, 2.45) is 0 Å². The number of hydrogen-bond donors (Lipinski definition) is 1. The number of methoxy groups -OCH3 is 1. The summed E-state index contributed by atoms with van der Waals surface area (Å²) in [7, 11) is -1.56. The third-order valence-corrected chi connectivity index (χ3v) is 5.59. The van der Waals surface area contributed by atoms with E-state index in [4.69, 9.17) is 9.47 Å². The van der Waals surface area contributed by atoms with Crippen LogP contribution in [0.2, 0.25) is 0 Å². The number of unbranched alkanes of at least 4 members (excludes halogenated alkanes) is 1. The summed E-state index contributed by atoms with van der Waals surface area (Å²) in [5.74, 6) is 0.0526. The minimum Gasteiger partial charge on any atom is -0.382 e. The van der Waals surface area contributed by atoms with Crippen molar-refractivity contribution in [1.29, 1.82) is 0 Å². The van der Waals surface area contributed by atoms with Gasteiger partial charge in [0.05, 0.1) is 19.0 Å². The highest BCUT2D eigenvalue weighted by molar-refractivity contribution is 7.89. The van der Waals surface area contributed by atoms with Gasteiger partial charge in [-0.25, -0.2) is 12.7 Å². The highest BCUT2D eigenvalue weighted by Gasteiger charge is 2.28. The Labute approximate surface area is 133 Å². The summed E-state index contributed by atoms with van der Waals surface area (Å²) >= 11 is 0. The molecule has 1 aliphatic rings. The second-order valence-electron chi connectivity index (χ2n) is 5.46. The topological polar surface area (TPSA) is 84.9 Å². The van der Waals surface area contributed by atoms with Crippen LogP contribution in [0.4, 0.5) is 0 Å². The molecule has 0 spiro atoms. The van der Waals surface area contributed by atoms with Crippen LogP contribution in [-0.4, -0.2) is 70.4 Å². The van der Waals surface area contributed by atoms with E-state index in [1.807, 2.05) is 6.92 Å². The Kier molecular flexibility index (Phi) is 8.92. The Balaban J connectivity index is 2.26. The van der Waals surface area contributed by atoms with E-state index < -0.39 is 10.0 Å². The fourth-order valence-electron chi connectivity index (χ4n) is 2.31. The molecule has 0 radical (unpaired) electrons. The largest absolute Gasteiger partial charge is 0.382 e. The minimum absolute atomic E-state index is 0.0123. The molecule has 1 rings (SSSR count). The van der Waals surface area contributed by atoms with Crippen molar-refractivity contribution >= 4 is 15.9 Å². The molecule has 7 nitrogen and oxygen atoms in total. The van der Waals surface area contributed by atoms with Gasteiger partial charge in [0.25, 0.3) is 0 Å². The first kappa shape index (κ1) is 19.3. The molecule has 1 aliphatic heterocycles. The van der Waals surface area contributed by atoms with E-state index in [0.29, 0.717) is 45.6 Å². The van der Waals surface area contributed by atoms with Gasteiger partial charge in [0.2, 0.25) is 15.9 Å². The zero-order valence-electron chi connectivity index (χ0n) is 13.5. The van der Waals surface area contributed by atoms with Gasteiger partial charge < -0.3 is 14.8 Å². The average Bonchev–Trinajstić information content (AvgIpc) is 2.50. The maximum atomic E-state index is 12.1. The van der Waals surface area contributed by atoms with Crippen molar-refractivity contribution in [1.82, 2.24) is 9.62 Å². The van der Waals surface area contributed by atoms with E-state index in [1.165, 1.54) is 0 Å². The van der Waals surface area contributed by atoms with Crippen LogP contribution in [0.3, 0.4) is 0 Å². The Morgan fingerprint density at radius 1 is 1.27 bits per heavy atom. The number of hydrogen-bond acceptors (Lipinski definition) is 5. The molecular formula is C14H28N2O5S. The number of carbonyl (C=O) groups is 1. The van der Waals surface area contributed by atoms with Crippen LogP contribution in [-0.2, 0) is 24.3 Å². The number of nitrogens with zero attached hydrogens (tertiary/aromatic N) is 1. The fraction of sp³-hybridized carbons (Fsp3) is 0.929. The molecule has 0 aromatic heterocycles. The Morgan fingerprint density at radius 2 is 1.95 bits per heavy atom. The first-order valence-corrected chi connectivity index (χ1v) is 9.44. The van der Waals surface area contributed by atoms with Crippen LogP contribution in [0, 0.1) is 0 Å². The standard InChI is InChI=1S/C14H28N2O5S/c1-3-4-11-22(18,19)16-7-5-13(6-8-16)15-14(17)12-21-10-9-20-2/h13H,3-12H2,1-2H3,(H,15,17). The third kappa shape index (κ3) is 7.04. The summed E-state index contributed by atoms with van der Waals surface area (Å²) in [5, 5.41) is 2.88. The molecule has 0 aromatic carbocycles. The van der Waals surface area contributed by atoms with Crippen LogP contribution >= 0.6 is 0 Å². The molecule has 0 aliphatic carbocycles. The maximum absolute atomic E-state index is 12.1. The molecule has 0 aromatic rings. The molecule has 0 saturated carbocycles. The molecule has 1 saturated heterocycles. The van der Waals surface area contributed by atoms with Crippen LogP contribution in [0.25, 0.3) is 0 Å². The third-order valence-electron chi connectivity index (χ3n) is 3.63. The summed E-state index contributed by atoms with van der Waals surface area (Å²) in [6.45, 7) is 3.78. The number of amides is 1. The number of sulfonamides is 1. The van der Waals surface area contributed by atoms with E-state index in [1.54, 1.807) is 11.4 Å². The summed E-state index contributed by atoms with van der Waals surface area (Å²) in [5.41, 5.74) is 0. The lowest BCUT2D eigenvalue weighted by atomic mass is 10.1. The van der Waals surface area contributed by atoms with Gasteiger partial charge in [0.1, 0.15) is 6.61 Å². The summed E-state index contributed by atoms with van der Waals surface area (Å²) in [6.07, 6.45) is 2.86. The predicted molar refractivity (Wildman–Crippen MR) is 84.1 cm³/mol. The van der Waals surface area contributed by atoms with Crippen LogP contribution in [0.5, 0.6) is 0 Å². The molecule has 1 N–H and O–H groups in total. The van der Waals surface area contributed by atoms with E-state index in [9.17, 15) is 13.2 Å². The summed E-state index contributed by atoms with van der Waals surface area (Å²) in [4.78, 5) is 11.7. The smallest absolute Gasteiger partial charge is 0.246 e. The van der Waals surface area contributed by atoms with Gasteiger partial charge in [-0.1, -0.05) is 13.3 Å². The highest BCUT2D eigenvalue weighted by Crippen LogP contribution is 2.15. The second-order valence-corrected chi connectivity index (χ2v) is 7.54. The molecule has 8 heteroatoms. The number of rotatable bonds is 10. The fourth-order valence-corrected chi connectivity index (χ4v) is 3.99. The van der Waals surface area contributed by atoms with E-state index in [2.05, 4.69) is 5.32 Å². The summed E-state index contributed by atoms with van der Waals surface area (Å²) in [6, 6.07) is 0.0242. The first-order chi connectivity index (χ1) is 10.5. The SMILES string of the molecule is CCCCS(=O)(=O)N1CCC(NC(=O)COCCOC)CC1. The van der Waals surface area contributed by atoms with Gasteiger partial charge in [-0.05, 0) is 19.3 Å².